The van der Waals surface area contributed by atoms with Crippen LogP contribution in [0.25, 0.3) is 0 Å². The van der Waals surface area contributed by atoms with E-state index in [0.29, 0.717) is 25.4 Å². The maximum absolute atomic E-state index is 12.1. The van der Waals surface area contributed by atoms with E-state index in [4.69, 9.17) is 5.73 Å². The molecule has 0 aliphatic heterocycles. The van der Waals surface area contributed by atoms with E-state index in [1.807, 2.05) is 24.0 Å². The van der Waals surface area contributed by atoms with E-state index >= 15 is 0 Å². The number of pyridine rings is 1. The molecule has 0 spiro atoms. The third kappa shape index (κ3) is 4.84. The molecule has 1 amide bonds. The number of aromatic nitrogens is 1. The quantitative estimate of drug-likeness (QED) is 0.801. The van der Waals surface area contributed by atoms with Crippen LogP contribution in [0.3, 0.4) is 0 Å². The van der Waals surface area contributed by atoms with Crippen LogP contribution in [0.4, 0.5) is 0 Å². The Kier molecular flexibility index (Phi) is 6.36. The van der Waals surface area contributed by atoms with Crippen molar-refractivity contribution in [2.45, 2.75) is 33.2 Å². The highest BCUT2D eigenvalue weighted by Crippen LogP contribution is 2.09. The molecule has 100 valence electrons. The standard InChI is InChI=1S/C14H23N3O/c1-3-17(11-13-6-8-16-9-7-13)14(18)5-4-12(2)10-15/h6-9,12H,3-5,10-11,15H2,1-2H3. The number of hydrogen-bond acceptors (Lipinski definition) is 3. The van der Waals surface area contributed by atoms with E-state index < -0.39 is 0 Å². The van der Waals surface area contributed by atoms with Crippen LogP contribution >= 0.6 is 0 Å². The maximum atomic E-state index is 12.1. The molecule has 4 heteroatoms. The molecular formula is C14H23N3O. The molecule has 0 aliphatic rings. The number of hydrogen-bond donors (Lipinski definition) is 1. The van der Waals surface area contributed by atoms with Crippen molar-refractivity contribution >= 4 is 5.91 Å². The first-order valence-electron chi connectivity index (χ1n) is 6.54. The van der Waals surface area contributed by atoms with Gasteiger partial charge in [-0.1, -0.05) is 6.92 Å². The van der Waals surface area contributed by atoms with Gasteiger partial charge in [0.2, 0.25) is 5.91 Å². The van der Waals surface area contributed by atoms with Crippen LogP contribution in [-0.2, 0) is 11.3 Å². The lowest BCUT2D eigenvalue weighted by Gasteiger charge is -2.21. The zero-order valence-electron chi connectivity index (χ0n) is 11.3. The Morgan fingerprint density at radius 1 is 1.44 bits per heavy atom. The van der Waals surface area contributed by atoms with Crippen LogP contribution < -0.4 is 5.73 Å². The SMILES string of the molecule is CCN(Cc1ccncc1)C(=O)CCC(C)CN. The van der Waals surface area contributed by atoms with E-state index in [0.717, 1.165) is 18.5 Å². The second kappa shape index (κ2) is 7.82. The Hall–Kier alpha value is -1.42. The second-order valence-electron chi connectivity index (χ2n) is 4.64. The molecule has 0 radical (unpaired) electrons. The summed E-state index contributed by atoms with van der Waals surface area (Å²) in [5.41, 5.74) is 6.68. The van der Waals surface area contributed by atoms with Gasteiger partial charge in [0.25, 0.3) is 0 Å². The fourth-order valence-electron chi connectivity index (χ4n) is 1.73. The molecule has 1 aromatic heterocycles. The van der Waals surface area contributed by atoms with Crippen molar-refractivity contribution in [3.05, 3.63) is 30.1 Å². The Balaban J connectivity index is 2.48. The minimum atomic E-state index is 0.203. The maximum Gasteiger partial charge on any atom is 0.222 e. The molecular weight excluding hydrogens is 226 g/mol. The van der Waals surface area contributed by atoms with Crippen molar-refractivity contribution in [2.75, 3.05) is 13.1 Å². The third-order valence-electron chi connectivity index (χ3n) is 3.11. The summed E-state index contributed by atoms with van der Waals surface area (Å²) in [7, 11) is 0. The van der Waals surface area contributed by atoms with Gasteiger partial charge in [0, 0.05) is 31.9 Å². The van der Waals surface area contributed by atoms with E-state index in [9.17, 15) is 4.79 Å². The van der Waals surface area contributed by atoms with Gasteiger partial charge in [-0.25, -0.2) is 0 Å². The lowest BCUT2D eigenvalue weighted by molar-refractivity contribution is -0.131. The first kappa shape index (κ1) is 14.6. The summed E-state index contributed by atoms with van der Waals surface area (Å²) in [4.78, 5) is 17.9. The highest BCUT2D eigenvalue weighted by atomic mass is 16.2. The van der Waals surface area contributed by atoms with Gasteiger partial charge in [0.15, 0.2) is 0 Å². The van der Waals surface area contributed by atoms with Crippen LogP contribution in [0.5, 0.6) is 0 Å². The van der Waals surface area contributed by atoms with E-state index in [1.54, 1.807) is 12.4 Å². The van der Waals surface area contributed by atoms with Crippen molar-refractivity contribution in [3.63, 3.8) is 0 Å². The monoisotopic (exact) mass is 249 g/mol. The van der Waals surface area contributed by atoms with Gasteiger partial charge in [-0.05, 0) is 43.5 Å². The lowest BCUT2D eigenvalue weighted by Crippen LogP contribution is -2.30. The van der Waals surface area contributed by atoms with Crippen LogP contribution in [0.15, 0.2) is 24.5 Å². The molecule has 1 aromatic rings. The van der Waals surface area contributed by atoms with Gasteiger partial charge in [0.05, 0.1) is 0 Å². The largest absolute Gasteiger partial charge is 0.339 e. The highest BCUT2D eigenvalue weighted by Gasteiger charge is 2.13. The normalized spacial score (nSPS) is 12.2. The molecule has 0 fully saturated rings. The molecule has 1 atom stereocenters. The topological polar surface area (TPSA) is 59.2 Å². The van der Waals surface area contributed by atoms with Crippen LogP contribution in [0.1, 0.15) is 32.3 Å². The molecule has 1 rings (SSSR count). The Morgan fingerprint density at radius 2 is 2.11 bits per heavy atom. The zero-order valence-corrected chi connectivity index (χ0v) is 11.3. The van der Waals surface area contributed by atoms with Crippen molar-refractivity contribution in [1.29, 1.82) is 0 Å². The lowest BCUT2D eigenvalue weighted by atomic mass is 10.1. The van der Waals surface area contributed by atoms with Crippen molar-refractivity contribution in [2.24, 2.45) is 11.7 Å². The molecule has 0 aromatic carbocycles. The number of rotatable bonds is 7. The van der Waals surface area contributed by atoms with Crippen molar-refractivity contribution in [3.8, 4) is 0 Å². The second-order valence-corrected chi connectivity index (χ2v) is 4.64. The molecule has 0 saturated heterocycles. The average Bonchev–Trinajstić information content (AvgIpc) is 2.42. The predicted molar refractivity (Wildman–Crippen MR) is 72.8 cm³/mol. The summed E-state index contributed by atoms with van der Waals surface area (Å²) in [6.45, 7) is 6.12. The van der Waals surface area contributed by atoms with Crippen molar-refractivity contribution < 1.29 is 4.79 Å². The molecule has 2 N–H and O–H groups in total. The summed E-state index contributed by atoms with van der Waals surface area (Å²) in [6.07, 6.45) is 4.95. The average molecular weight is 249 g/mol. The summed E-state index contributed by atoms with van der Waals surface area (Å²) in [5, 5.41) is 0. The zero-order chi connectivity index (χ0) is 13.4. The summed E-state index contributed by atoms with van der Waals surface area (Å²) in [5.74, 6) is 0.614. The number of nitrogens with zero attached hydrogens (tertiary/aromatic N) is 2. The fourth-order valence-corrected chi connectivity index (χ4v) is 1.73. The Morgan fingerprint density at radius 3 is 2.67 bits per heavy atom. The van der Waals surface area contributed by atoms with E-state index in [1.165, 1.54) is 0 Å². The number of carbonyl (C=O) groups excluding carboxylic acids is 1. The minimum Gasteiger partial charge on any atom is -0.339 e. The van der Waals surface area contributed by atoms with Gasteiger partial charge in [0.1, 0.15) is 0 Å². The van der Waals surface area contributed by atoms with Gasteiger partial charge in [-0.2, -0.15) is 0 Å². The first-order chi connectivity index (χ1) is 8.67. The summed E-state index contributed by atoms with van der Waals surface area (Å²) < 4.78 is 0. The van der Waals surface area contributed by atoms with Gasteiger partial charge >= 0.3 is 0 Å². The van der Waals surface area contributed by atoms with Crippen LogP contribution in [0.2, 0.25) is 0 Å². The summed E-state index contributed by atoms with van der Waals surface area (Å²) >= 11 is 0. The van der Waals surface area contributed by atoms with E-state index in [2.05, 4.69) is 11.9 Å². The van der Waals surface area contributed by atoms with Crippen LogP contribution in [0, 0.1) is 5.92 Å². The molecule has 1 heterocycles. The minimum absolute atomic E-state index is 0.203. The Labute approximate surface area is 109 Å². The van der Waals surface area contributed by atoms with Crippen molar-refractivity contribution in [1.82, 2.24) is 9.88 Å². The molecule has 0 aliphatic carbocycles. The molecule has 1 unspecified atom stereocenters. The molecule has 4 nitrogen and oxygen atoms in total. The van der Waals surface area contributed by atoms with Gasteiger partial charge < -0.3 is 10.6 Å². The fraction of sp³-hybridized carbons (Fsp3) is 0.571. The van der Waals surface area contributed by atoms with Gasteiger partial charge in [-0.3, -0.25) is 9.78 Å². The molecule has 0 saturated carbocycles. The first-order valence-corrected chi connectivity index (χ1v) is 6.54. The van der Waals surface area contributed by atoms with Crippen LogP contribution in [-0.4, -0.2) is 28.9 Å². The molecule has 18 heavy (non-hydrogen) atoms. The number of amides is 1. The number of carbonyl (C=O) groups is 1. The Bertz CT molecular complexity index is 353. The third-order valence-corrected chi connectivity index (χ3v) is 3.11. The highest BCUT2D eigenvalue weighted by molar-refractivity contribution is 5.76. The van der Waals surface area contributed by atoms with E-state index in [-0.39, 0.29) is 5.91 Å². The summed E-state index contributed by atoms with van der Waals surface area (Å²) in [6, 6.07) is 3.89. The predicted octanol–water partition coefficient (Wildman–Crippen LogP) is 1.81. The smallest absolute Gasteiger partial charge is 0.222 e. The molecule has 0 bridgehead atoms. The number of nitrogens with two attached hydrogens (primary N) is 1. The van der Waals surface area contributed by atoms with Gasteiger partial charge in [-0.15, -0.1) is 0 Å².